The van der Waals surface area contributed by atoms with Crippen molar-refractivity contribution in [1.82, 2.24) is 4.98 Å². The van der Waals surface area contributed by atoms with Gasteiger partial charge in [0.2, 0.25) is 0 Å². The second-order valence-electron chi connectivity index (χ2n) is 3.58. The maximum Gasteiger partial charge on any atom is 0.348 e. The minimum atomic E-state index is -3.85. The Bertz CT molecular complexity index is 742. The van der Waals surface area contributed by atoms with Crippen LogP contribution in [0.25, 0.3) is 0 Å². The van der Waals surface area contributed by atoms with Gasteiger partial charge >= 0.3 is 5.97 Å². The van der Waals surface area contributed by atoms with E-state index in [0.717, 1.165) is 11.3 Å². The van der Waals surface area contributed by atoms with Gasteiger partial charge in [-0.3, -0.25) is 4.72 Å². The van der Waals surface area contributed by atoms with Gasteiger partial charge in [-0.25, -0.2) is 18.2 Å². The Morgan fingerprint density at radius 3 is 2.90 bits per heavy atom. The van der Waals surface area contributed by atoms with Crippen molar-refractivity contribution in [3.05, 3.63) is 39.7 Å². The highest BCUT2D eigenvalue weighted by atomic mass is 35.5. The molecule has 2 heterocycles. The number of methoxy groups -OCH3 is 1. The first-order valence-electron chi connectivity index (χ1n) is 5.24. The lowest BCUT2D eigenvalue weighted by Crippen LogP contribution is -2.13. The lowest BCUT2D eigenvalue weighted by Gasteiger charge is -2.06. The van der Waals surface area contributed by atoms with Crippen molar-refractivity contribution in [3.63, 3.8) is 0 Å². The fraction of sp³-hybridized carbons (Fsp3) is 0.0909. The van der Waals surface area contributed by atoms with Crippen LogP contribution in [0, 0.1) is 0 Å². The molecule has 0 amide bonds. The number of carbonyl (C=O) groups excluding carboxylic acids is 1. The maximum absolute atomic E-state index is 12.1. The normalized spacial score (nSPS) is 11.1. The molecule has 0 aliphatic carbocycles. The summed E-state index contributed by atoms with van der Waals surface area (Å²) in [7, 11) is -2.63. The van der Waals surface area contributed by atoms with Crippen LogP contribution >= 0.6 is 22.9 Å². The summed E-state index contributed by atoms with van der Waals surface area (Å²) in [6.07, 6.45) is 1.41. The first kappa shape index (κ1) is 14.8. The fourth-order valence-corrected chi connectivity index (χ4v) is 3.76. The monoisotopic (exact) mass is 332 g/mol. The Balaban J connectivity index is 2.29. The fourth-order valence-electron chi connectivity index (χ4n) is 1.31. The number of esters is 1. The Morgan fingerprint density at radius 1 is 1.50 bits per heavy atom. The second-order valence-corrected chi connectivity index (χ2v) is 6.58. The van der Waals surface area contributed by atoms with E-state index in [1.165, 1.54) is 30.8 Å². The largest absolute Gasteiger partial charge is 0.465 e. The predicted molar refractivity (Wildman–Crippen MR) is 75.7 cm³/mol. The highest BCUT2D eigenvalue weighted by Gasteiger charge is 2.20. The molecule has 2 aromatic heterocycles. The number of halogens is 1. The summed E-state index contributed by atoms with van der Waals surface area (Å²) in [5, 5.41) is 1.52. The number of carbonyl (C=O) groups is 1. The third-order valence-electron chi connectivity index (χ3n) is 2.26. The van der Waals surface area contributed by atoms with Crippen LogP contribution in [-0.4, -0.2) is 26.5 Å². The standard InChI is InChI=1S/C11H9ClN2O4S2/c1-18-11(15)9-5-7(6-19-9)20(16,17)14-10-8(12)3-2-4-13-10/h2-6H,1H3,(H,13,14). The number of nitrogens with zero attached hydrogens (tertiary/aromatic N) is 1. The molecule has 0 bridgehead atoms. The summed E-state index contributed by atoms with van der Waals surface area (Å²) in [6, 6.07) is 4.33. The number of aromatic nitrogens is 1. The van der Waals surface area contributed by atoms with Crippen LogP contribution in [0.5, 0.6) is 0 Å². The van der Waals surface area contributed by atoms with Gasteiger partial charge in [0, 0.05) is 11.6 Å². The molecule has 6 nitrogen and oxygen atoms in total. The lowest BCUT2D eigenvalue weighted by molar-refractivity contribution is 0.0606. The minimum Gasteiger partial charge on any atom is -0.465 e. The van der Waals surface area contributed by atoms with E-state index in [9.17, 15) is 13.2 Å². The lowest BCUT2D eigenvalue weighted by atomic mass is 10.5. The molecule has 0 unspecified atom stereocenters. The summed E-state index contributed by atoms with van der Waals surface area (Å²) in [6.45, 7) is 0. The zero-order chi connectivity index (χ0) is 14.8. The number of ether oxygens (including phenoxy) is 1. The Hall–Kier alpha value is -1.64. The molecule has 0 radical (unpaired) electrons. The molecular formula is C11H9ClN2O4S2. The number of hydrogen-bond acceptors (Lipinski definition) is 6. The smallest absolute Gasteiger partial charge is 0.348 e. The van der Waals surface area contributed by atoms with Crippen LogP contribution in [0.15, 0.2) is 34.7 Å². The van der Waals surface area contributed by atoms with Gasteiger partial charge < -0.3 is 4.74 Å². The van der Waals surface area contributed by atoms with Gasteiger partial charge in [-0.2, -0.15) is 0 Å². The molecule has 106 valence electrons. The molecule has 0 aliphatic heterocycles. The number of anilines is 1. The molecular weight excluding hydrogens is 324 g/mol. The third-order valence-corrected chi connectivity index (χ3v) is 4.94. The van der Waals surface area contributed by atoms with Crippen molar-refractivity contribution in [2.75, 3.05) is 11.8 Å². The van der Waals surface area contributed by atoms with E-state index in [4.69, 9.17) is 11.6 Å². The summed E-state index contributed by atoms with van der Waals surface area (Å²) in [5.41, 5.74) is 0. The molecule has 2 rings (SSSR count). The number of hydrogen-bond donors (Lipinski definition) is 1. The van der Waals surface area contributed by atoms with E-state index in [0.29, 0.717) is 0 Å². The van der Waals surface area contributed by atoms with Crippen LogP contribution < -0.4 is 4.72 Å². The van der Waals surface area contributed by atoms with Crippen molar-refractivity contribution >= 4 is 44.7 Å². The number of pyridine rings is 1. The van der Waals surface area contributed by atoms with Crippen molar-refractivity contribution in [2.45, 2.75) is 4.90 Å². The average molecular weight is 333 g/mol. The van der Waals surface area contributed by atoms with Crippen LogP contribution in [0.2, 0.25) is 5.02 Å². The molecule has 0 aromatic carbocycles. The molecule has 2 aromatic rings. The summed E-state index contributed by atoms with van der Waals surface area (Å²) < 4.78 is 31.0. The van der Waals surface area contributed by atoms with Crippen molar-refractivity contribution in [1.29, 1.82) is 0 Å². The molecule has 0 fully saturated rings. The van der Waals surface area contributed by atoms with Crippen LogP contribution in [0.3, 0.4) is 0 Å². The van der Waals surface area contributed by atoms with E-state index in [1.807, 2.05) is 0 Å². The van der Waals surface area contributed by atoms with Crippen LogP contribution in [0.1, 0.15) is 9.67 Å². The molecule has 1 N–H and O–H groups in total. The van der Waals surface area contributed by atoms with E-state index >= 15 is 0 Å². The Labute approximate surface area is 124 Å². The molecule has 0 spiro atoms. The van der Waals surface area contributed by atoms with E-state index < -0.39 is 16.0 Å². The number of thiophene rings is 1. The van der Waals surface area contributed by atoms with Gasteiger partial charge in [0.25, 0.3) is 10.0 Å². The summed E-state index contributed by atoms with van der Waals surface area (Å²) in [5.74, 6) is -0.563. The van der Waals surface area contributed by atoms with Gasteiger partial charge in [-0.15, -0.1) is 11.3 Å². The summed E-state index contributed by atoms with van der Waals surface area (Å²) in [4.78, 5) is 15.3. The highest BCUT2D eigenvalue weighted by molar-refractivity contribution is 7.92. The predicted octanol–water partition coefficient (Wildman–Crippen LogP) is 2.38. The SMILES string of the molecule is COC(=O)c1cc(S(=O)(=O)Nc2ncccc2Cl)cs1. The van der Waals surface area contributed by atoms with Crippen LogP contribution in [-0.2, 0) is 14.8 Å². The Kier molecular flexibility index (Phi) is 4.26. The van der Waals surface area contributed by atoms with E-state index in [2.05, 4.69) is 14.4 Å². The quantitative estimate of drug-likeness (QED) is 0.869. The number of rotatable bonds is 4. The van der Waals surface area contributed by atoms with Gasteiger partial charge in [-0.1, -0.05) is 11.6 Å². The molecule has 0 saturated carbocycles. The highest BCUT2D eigenvalue weighted by Crippen LogP contribution is 2.24. The van der Waals surface area contributed by atoms with Gasteiger partial charge in [0.15, 0.2) is 5.82 Å². The molecule has 20 heavy (non-hydrogen) atoms. The first-order chi connectivity index (χ1) is 9.44. The Morgan fingerprint density at radius 2 is 2.25 bits per heavy atom. The van der Waals surface area contributed by atoms with Gasteiger partial charge in [0.1, 0.15) is 4.88 Å². The molecule has 0 aliphatic rings. The molecule has 0 atom stereocenters. The van der Waals surface area contributed by atoms with E-state index in [1.54, 1.807) is 6.07 Å². The van der Waals surface area contributed by atoms with Gasteiger partial charge in [0.05, 0.1) is 17.0 Å². The topological polar surface area (TPSA) is 85.4 Å². The van der Waals surface area contributed by atoms with E-state index in [-0.39, 0.29) is 20.6 Å². The zero-order valence-corrected chi connectivity index (χ0v) is 12.6. The first-order valence-corrected chi connectivity index (χ1v) is 7.98. The maximum atomic E-state index is 12.1. The average Bonchev–Trinajstić information content (AvgIpc) is 2.91. The van der Waals surface area contributed by atoms with Crippen molar-refractivity contribution in [3.8, 4) is 0 Å². The van der Waals surface area contributed by atoms with Crippen LogP contribution in [0.4, 0.5) is 5.82 Å². The summed E-state index contributed by atoms with van der Waals surface area (Å²) >= 11 is 6.81. The molecule has 9 heteroatoms. The van der Waals surface area contributed by atoms with Crippen molar-refractivity contribution in [2.24, 2.45) is 0 Å². The number of sulfonamides is 1. The number of nitrogens with one attached hydrogen (secondary N) is 1. The zero-order valence-electron chi connectivity index (χ0n) is 10.2. The van der Waals surface area contributed by atoms with Gasteiger partial charge in [-0.05, 0) is 18.2 Å². The third kappa shape index (κ3) is 3.09. The second kappa shape index (κ2) is 5.78. The molecule has 0 saturated heterocycles. The minimum absolute atomic E-state index is 0.0278. The van der Waals surface area contributed by atoms with Crippen molar-refractivity contribution < 1.29 is 17.9 Å².